The number of ether oxygens (including phenoxy) is 1. The third-order valence-corrected chi connectivity index (χ3v) is 6.32. The second kappa shape index (κ2) is 9.30. The molecule has 31 heavy (non-hydrogen) atoms. The largest absolute Gasteiger partial charge is 0.452 e. The van der Waals surface area contributed by atoms with Crippen LogP contribution in [0.5, 0.6) is 0 Å². The highest BCUT2D eigenvalue weighted by Gasteiger charge is 2.28. The number of carbonyl (C=O) groups is 4. The number of carbonyl (C=O) groups excluding carboxylic acids is 4. The Hall–Kier alpha value is -3.20. The van der Waals surface area contributed by atoms with Gasteiger partial charge in [-0.3, -0.25) is 14.4 Å². The summed E-state index contributed by atoms with van der Waals surface area (Å²) in [6.07, 6.45) is 1.21. The maximum Gasteiger partial charge on any atom is 0.340 e. The molecular weight excluding hydrogens is 418 g/mol. The maximum absolute atomic E-state index is 12.6. The number of hydrogen-bond donors (Lipinski definition) is 0. The minimum absolute atomic E-state index is 0.0220. The highest BCUT2D eigenvalue weighted by Crippen LogP contribution is 2.26. The van der Waals surface area contributed by atoms with Crippen molar-refractivity contribution < 1.29 is 23.9 Å². The Kier molecular flexibility index (Phi) is 6.31. The summed E-state index contributed by atoms with van der Waals surface area (Å²) < 4.78 is 5.26. The van der Waals surface area contributed by atoms with Crippen LogP contribution in [-0.2, 0) is 14.3 Å². The average Bonchev–Trinajstić information content (AvgIpc) is 3.49. The van der Waals surface area contributed by atoms with E-state index >= 15 is 0 Å². The molecule has 0 aliphatic carbocycles. The summed E-state index contributed by atoms with van der Waals surface area (Å²) >= 11 is 1.40. The lowest BCUT2D eigenvalue weighted by Crippen LogP contribution is -2.51. The molecule has 4 rings (SSSR count). The van der Waals surface area contributed by atoms with E-state index in [-0.39, 0.29) is 29.9 Å². The van der Waals surface area contributed by atoms with Crippen LogP contribution in [0, 0.1) is 0 Å². The fraction of sp³-hybridized carbons (Fsp3) is 0.364. The Morgan fingerprint density at radius 3 is 2.35 bits per heavy atom. The van der Waals surface area contributed by atoms with Gasteiger partial charge in [0.2, 0.25) is 5.91 Å². The van der Waals surface area contributed by atoms with Gasteiger partial charge in [0.05, 0.1) is 16.1 Å². The summed E-state index contributed by atoms with van der Waals surface area (Å²) in [5, 5.41) is 1.86. The lowest BCUT2D eigenvalue weighted by molar-refractivity contribution is -0.136. The van der Waals surface area contributed by atoms with Gasteiger partial charge in [-0.05, 0) is 30.0 Å². The van der Waals surface area contributed by atoms with Gasteiger partial charge in [-0.1, -0.05) is 18.2 Å². The van der Waals surface area contributed by atoms with Gasteiger partial charge in [0.1, 0.15) is 0 Å². The minimum atomic E-state index is -0.629. The fourth-order valence-corrected chi connectivity index (χ4v) is 4.49. The first-order valence-corrected chi connectivity index (χ1v) is 11.1. The van der Waals surface area contributed by atoms with Gasteiger partial charge in [0.25, 0.3) is 11.8 Å². The fourth-order valence-electron chi connectivity index (χ4n) is 3.80. The van der Waals surface area contributed by atoms with Crippen molar-refractivity contribution in [3.05, 3.63) is 52.2 Å². The SMILES string of the molecule is O=C(OCC(=O)N1CCN(C(=O)c2cccs2)CC1)c1ccccc1N1CCCC1=O. The molecule has 0 N–H and O–H groups in total. The summed E-state index contributed by atoms with van der Waals surface area (Å²) in [6, 6.07) is 10.4. The van der Waals surface area contributed by atoms with E-state index in [4.69, 9.17) is 4.74 Å². The van der Waals surface area contributed by atoms with Crippen molar-refractivity contribution in [1.82, 2.24) is 9.80 Å². The van der Waals surface area contributed by atoms with E-state index < -0.39 is 5.97 Å². The number of esters is 1. The molecule has 3 amide bonds. The number of piperazine rings is 1. The molecule has 1 aromatic heterocycles. The van der Waals surface area contributed by atoms with Gasteiger partial charge in [0, 0.05) is 39.1 Å². The molecule has 3 heterocycles. The second-order valence-corrected chi connectivity index (χ2v) is 8.34. The van der Waals surface area contributed by atoms with Gasteiger partial charge in [0.15, 0.2) is 6.61 Å². The molecule has 2 aliphatic heterocycles. The number of anilines is 1. The first-order chi connectivity index (χ1) is 15.0. The first kappa shape index (κ1) is 21.0. The molecule has 0 bridgehead atoms. The highest BCUT2D eigenvalue weighted by atomic mass is 32.1. The smallest absolute Gasteiger partial charge is 0.340 e. The molecule has 2 saturated heterocycles. The van der Waals surface area contributed by atoms with E-state index in [1.54, 1.807) is 45.0 Å². The molecular formula is C22H23N3O5S. The molecule has 0 atom stereocenters. The third kappa shape index (κ3) is 4.61. The van der Waals surface area contributed by atoms with E-state index in [9.17, 15) is 19.2 Å². The Morgan fingerprint density at radius 1 is 0.935 bits per heavy atom. The zero-order valence-electron chi connectivity index (χ0n) is 17.0. The van der Waals surface area contributed by atoms with Crippen molar-refractivity contribution in [2.45, 2.75) is 12.8 Å². The summed E-state index contributed by atoms with van der Waals surface area (Å²) in [6.45, 7) is 1.86. The van der Waals surface area contributed by atoms with E-state index in [2.05, 4.69) is 0 Å². The highest BCUT2D eigenvalue weighted by molar-refractivity contribution is 7.12. The Morgan fingerprint density at radius 2 is 1.68 bits per heavy atom. The maximum atomic E-state index is 12.6. The van der Waals surface area contributed by atoms with Crippen LogP contribution in [0.4, 0.5) is 5.69 Å². The Balaban J connectivity index is 1.30. The summed E-state index contributed by atoms with van der Waals surface area (Å²) in [5.41, 5.74) is 0.792. The molecule has 0 unspecified atom stereocenters. The molecule has 162 valence electrons. The van der Waals surface area contributed by atoms with Crippen molar-refractivity contribution in [3.8, 4) is 0 Å². The van der Waals surface area contributed by atoms with Crippen molar-refractivity contribution in [2.24, 2.45) is 0 Å². The van der Waals surface area contributed by atoms with Gasteiger partial charge in [-0.2, -0.15) is 0 Å². The number of amides is 3. The van der Waals surface area contributed by atoms with E-state index in [0.29, 0.717) is 49.7 Å². The lowest BCUT2D eigenvalue weighted by Gasteiger charge is -2.34. The van der Waals surface area contributed by atoms with E-state index in [0.717, 1.165) is 6.42 Å². The van der Waals surface area contributed by atoms with Crippen LogP contribution in [0.15, 0.2) is 41.8 Å². The number of para-hydroxylation sites is 1. The number of nitrogens with zero attached hydrogens (tertiary/aromatic N) is 3. The van der Waals surface area contributed by atoms with Crippen molar-refractivity contribution in [2.75, 3.05) is 44.2 Å². The van der Waals surface area contributed by atoms with Crippen LogP contribution in [0.2, 0.25) is 0 Å². The second-order valence-electron chi connectivity index (χ2n) is 7.39. The minimum Gasteiger partial charge on any atom is -0.452 e. The van der Waals surface area contributed by atoms with Crippen LogP contribution in [0.25, 0.3) is 0 Å². The standard InChI is InChI=1S/C22H23N3O5S/c26-19-8-3-9-25(19)17-6-2-1-5-16(17)22(29)30-15-20(27)23-10-12-24(13-11-23)21(28)18-7-4-14-31-18/h1-2,4-7,14H,3,8-13,15H2. The van der Waals surface area contributed by atoms with Gasteiger partial charge in [-0.25, -0.2) is 4.79 Å². The molecule has 2 aliphatic rings. The van der Waals surface area contributed by atoms with Crippen molar-refractivity contribution >= 4 is 40.7 Å². The van der Waals surface area contributed by atoms with Crippen molar-refractivity contribution in [1.29, 1.82) is 0 Å². The van der Waals surface area contributed by atoms with Gasteiger partial charge >= 0.3 is 5.97 Å². The van der Waals surface area contributed by atoms with Crippen LogP contribution >= 0.6 is 11.3 Å². The molecule has 1 aromatic carbocycles. The van der Waals surface area contributed by atoms with Gasteiger partial charge in [-0.15, -0.1) is 11.3 Å². The first-order valence-electron chi connectivity index (χ1n) is 10.2. The Labute approximate surface area is 184 Å². The molecule has 0 saturated carbocycles. The summed E-state index contributed by atoms with van der Waals surface area (Å²) in [4.78, 5) is 55.2. The van der Waals surface area contributed by atoms with Crippen molar-refractivity contribution in [3.63, 3.8) is 0 Å². The Bertz CT molecular complexity index is 983. The van der Waals surface area contributed by atoms with Crippen LogP contribution < -0.4 is 4.90 Å². The van der Waals surface area contributed by atoms with Crippen LogP contribution in [0.3, 0.4) is 0 Å². The number of hydrogen-bond acceptors (Lipinski definition) is 6. The predicted octanol–water partition coefficient (Wildman–Crippen LogP) is 2.02. The molecule has 0 spiro atoms. The van der Waals surface area contributed by atoms with Crippen LogP contribution in [-0.4, -0.2) is 72.8 Å². The lowest BCUT2D eigenvalue weighted by atomic mass is 10.1. The average molecular weight is 442 g/mol. The van der Waals surface area contributed by atoms with E-state index in [1.165, 1.54) is 11.3 Å². The third-order valence-electron chi connectivity index (χ3n) is 5.47. The zero-order chi connectivity index (χ0) is 21.8. The molecule has 8 nitrogen and oxygen atoms in total. The van der Waals surface area contributed by atoms with Gasteiger partial charge < -0.3 is 19.4 Å². The molecule has 0 radical (unpaired) electrons. The zero-order valence-corrected chi connectivity index (χ0v) is 17.8. The summed E-state index contributed by atoms with van der Waals surface area (Å²) in [7, 11) is 0. The number of rotatable bonds is 5. The van der Waals surface area contributed by atoms with E-state index in [1.807, 2.05) is 11.4 Å². The molecule has 2 aromatic rings. The predicted molar refractivity (Wildman–Crippen MR) is 115 cm³/mol. The number of benzene rings is 1. The monoisotopic (exact) mass is 441 g/mol. The number of thiophene rings is 1. The molecule has 9 heteroatoms. The quantitative estimate of drug-likeness (QED) is 0.663. The van der Waals surface area contributed by atoms with Crippen LogP contribution in [0.1, 0.15) is 32.9 Å². The molecule has 2 fully saturated rings. The summed E-state index contributed by atoms with van der Waals surface area (Å²) in [5.74, 6) is -0.977. The topological polar surface area (TPSA) is 87.2 Å². The normalized spacial score (nSPS) is 16.5.